The summed E-state index contributed by atoms with van der Waals surface area (Å²) in [6.45, 7) is 0.344. The topological polar surface area (TPSA) is 106 Å². The second kappa shape index (κ2) is 7.61. The lowest BCUT2D eigenvalue weighted by Crippen LogP contribution is -2.32. The number of rotatable bonds is 8. The number of hydrogen-bond donors (Lipinski definition) is 1. The van der Waals surface area contributed by atoms with Gasteiger partial charge in [0.1, 0.15) is 5.76 Å². The summed E-state index contributed by atoms with van der Waals surface area (Å²) < 4.78 is 38.0. The van der Waals surface area contributed by atoms with Gasteiger partial charge < -0.3 is 14.2 Å². The first-order chi connectivity index (χ1) is 13.5. The van der Waals surface area contributed by atoms with Gasteiger partial charge in [-0.25, -0.2) is 8.42 Å². The molecule has 8 nitrogen and oxygen atoms in total. The molecule has 0 saturated heterocycles. The van der Waals surface area contributed by atoms with Crippen molar-refractivity contribution < 1.29 is 22.0 Å². The van der Waals surface area contributed by atoms with Gasteiger partial charge in [-0.3, -0.25) is 9.78 Å². The fourth-order valence-electron chi connectivity index (χ4n) is 2.79. The summed E-state index contributed by atoms with van der Waals surface area (Å²) in [5.41, 5.74) is 0.689. The van der Waals surface area contributed by atoms with Crippen molar-refractivity contribution in [1.29, 1.82) is 0 Å². The lowest BCUT2D eigenvalue weighted by atomic mass is 10.3. The predicted octanol–water partition coefficient (Wildman–Crippen LogP) is 2.55. The summed E-state index contributed by atoms with van der Waals surface area (Å²) in [6.07, 6.45) is 4.71. The Bertz CT molecular complexity index is 1040. The van der Waals surface area contributed by atoms with Crippen LogP contribution in [0, 0.1) is 0 Å². The molecule has 0 unspecified atom stereocenters. The number of hydrogen-bond acceptors (Lipinski definition) is 6. The van der Waals surface area contributed by atoms with E-state index in [1.165, 1.54) is 22.7 Å². The van der Waals surface area contributed by atoms with Gasteiger partial charge in [-0.05, 0) is 49.2 Å². The summed E-state index contributed by atoms with van der Waals surface area (Å²) in [5.74, 6) is -0.0188. The first-order valence-electron chi connectivity index (χ1n) is 8.86. The zero-order valence-corrected chi connectivity index (χ0v) is 15.8. The molecule has 0 aliphatic heterocycles. The SMILES string of the molecule is O=C(NCc1ccccn1)c1ccc(S(=O)(=O)N(Cc2ccco2)C2CC2)o1. The van der Waals surface area contributed by atoms with E-state index in [1.807, 2.05) is 6.07 Å². The molecule has 28 heavy (non-hydrogen) atoms. The van der Waals surface area contributed by atoms with Crippen LogP contribution in [0.1, 0.15) is 34.9 Å². The predicted molar refractivity (Wildman–Crippen MR) is 98.6 cm³/mol. The Hall–Kier alpha value is -2.91. The largest absolute Gasteiger partial charge is 0.468 e. The van der Waals surface area contributed by atoms with Crippen LogP contribution in [0.2, 0.25) is 0 Å². The number of nitrogens with zero attached hydrogens (tertiary/aromatic N) is 2. The number of carbonyl (C=O) groups excluding carboxylic acids is 1. The fraction of sp³-hybridized carbons (Fsp3) is 0.263. The van der Waals surface area contributed by atoms with Crippen molar-refractivity contribution in [3.8, 4) is 0 Å². The van der Waals surface area contributed by atoms with Gasteiger partial charge in [0.25, 0.3) is 15.9 Å². The van der Waals surface area contributed by atoms with Crippen LogP contribution in [0.5, 0.6) is 0 Å². The molecule has 0 bridgehead atoms. The van der Waals surface area contributed by atoms with E-state index >= 15 is 0 Å². The number of nitrogens with one attached hydrogen (secondary N) is 1. The maximum atomic E-state index is 13.0. The minimum atomic E-state index is -3.88. The van der Waals surface area contributed by atoms with Crippen molar-refractivity contribution in [2.75, 3.05) is 0 Å². The van der Waals surface area contributed by atoms with Gasteiger partial charge in [0, 0.05) is 12.2 Å². The summed E-state index contributed by atoms with van der Waals surface area (Å²) in [4.78, 5) is 16.4. The molecule has 0 radical (unpaired) electrons. The van der Waals surface area contributed by atoms with Crippen LogP contribution in [0.3, 0.4) is 0 Å². The molecule has 1 aliphatic rings. The highest BCUT2D eigenvalue weighted by Gasteiger charge is 2.40. The van der Waals surface area contributed by atoms with Gasteiger partial charge >= 0.3 is 0 Å². The fourth-order valence-corrected chi connectivity index (χ4v) is 4.35. The molecule has 3 aromatic rings. The van der Waals surface area contributed by atoms with E-state index in [2.05, 4.69) is 10.3 Å². The molecule has 1 amide bonds. The maximum absolute atomic E-state index is 13.0. The van der Waals surface area contributed by atoms with E-state index < -0.39 is 15.9 Å². The number of aromatic nitrogens is 1. The summed E-state index contributed by atoms with van der Waals surface area (Å²) >= 11 is 0. The molecule has 3 aromatic heterocycles. The minimum Gasteiger partial charge on any atom is -0.468 e. The highest BCUT2D eigenvalue weighted by atomic mass is 32.2. The van der Waals surface area contributed by atoms with E-state index in [0.29, 0.717) is 11.5 Å². The Morgan fingerprint density at radius 1 is 1.18 bits per heavy atom. The van der Waals surface area contributed by atoms with Crippen LogP contribution in [0.15, 0.2) is 68.9 Å². The molecule has 146 valence electrons. The van der Waals surface area contributed by atoms with Crippen LogP contribution < -0.4 is 5.32 Å². The number of furan rings is 2. The van der Waals surface area contributed by atoms with Gasteiger partial charge in [0.2, 0.25) is 5.09 Å². The number of pyridine rings is 1. The van der Waals surface area contributed by atoms with Gasteiger partial charge in [0.15, 0.2) is 5.76 Å². The van der Waals surface area contributed by atoms with Crippen molar-refractivity contribution in [1.82, 2.24) is 14.6 Å². The molecule has 9 heteroatoms. The summed E-state index contributed by atoms with van der Waals surface area (Å²) in [5, 5.41) is 2.41. The molecular weight excluding hydrogens is 382 g/mol. The Labute approximate surface area is 162 Å². The molecule has 1 aliphatic carbocycles. The average molecular weight is 401 g/mol. The normalized spacial score (nSPS) is 14.3. The van der Waals surface area contributed by atoms with Crippen LogP contribution in [-0.2, 0) is 23.1 Å². The van der Waals surface area contributed by atoms with Crippen LogP contribution in [0.25, 0.3) is 0 Å². The first kappa shape index (κ1) is 18.5. The Balaban J connectivity index is 1.48. The second-order valence-corrected chi connectivity index (χ2v) is 8.30. The summed E-state index contributed by atoms with van der Waals surface area (Å²) in [7, 11) is -3.88. The molecule has 1 N–H and O–H groups in total. The Kier molecular flexibility index (Phi) is 5.01. The molecule has 0 spiro atoms. The van der Waals surface area contributed by atoms with E-state index in [9.17, 15) is 13.2 Å². The van der Waals surface area contributed by atoms with Crippen molar-refractivity contribution in [3.63, 3.8) is 0 Å². The third-order valence-corrected chi connectivity index (χ3v) is 6.14. The first-order valence-corrected chi connectivity index (χ1v) is 10.3. The molecule has 1 fully saturated rings. The quantitative estimate of drug-likeness (QED) is 0.622. The van der Waals surface area contributed by atoms with Gasteiger partial charge in [-0.1, -0.05) is 6.07 Å². The maximum Gasteiger partial charge on any atom is 0.287 e. The highest BCUT2D eigenvalue weighted by Crippen LogP contribution is 2.34. The third-order valence-electron chi connectivity index (χ3n) is 4.37. The highest BCUT2D eigenvalue weighted by molar-refractivity contribution is 7.89. The second-order valence-electron chi connectivity index (χ2n) is 6.48. The third kappa shape index (κ3) is 4.00. The molecular formula is C19H19N3O5S. The van der Waals surface area contributed by atoms with Gasteiger partial charge in [-0.15, -0.1) is 0 Å². The smallest absolute Gasteiger partial charge is 0.287 e. The Morgan fingerprint density at radius 2 is 2.04 bits per heavy atom. The molecule has 0 aromatic carbocycles. The van der Waals surface area contributed by atoms with E-state index in [-0.39, 0.29) is 30.0 Å². The van der Waals surface area contributed by atoms with E-state index in [1.54, 1.807) is 30.5 Å². The molecule has 4 rings (SSSR count). The minimum absolute atomic E-state index is 0.0664. The molecule has 1 saturated carbocycles. The van der Waals surface area contributed by atoms with Crippen LogP contribution in [-0.4, -0.2) is 29.7 Å². The molecule has 0 atom stereocenters. The van der Waals surface area contributed by atoms with Crippen molar-refractivity contribution in [2.45, 2.75) is 37.1 Å². The van der Waals surface area contributed by atoms with Crippen molar-refractivity contribution in [3.05, 3.63) is 72.1 Å². The van der Waals surface area contributed by atoms with Crippen LogP contribution >= 0.6 is 0 Å². The van der Waals surface area contributed by atoms with E-state index in [4.69, 9.17) is 8.83 Å². The van der Waals surface area contributed by atoms with Gasteiger partial charge in [0.05, 0.1) is 25.0 Å². The van der Waals surface area contributed by atoms with Gasteiger partial charge in [-0.2, -0.15) is 4.31 Å². The lowest BCUT2D eigenvalue weighted by Gasteiger charge is -2.19. The van der Waals surface area contributed by atoms with E-state index in [0.717, 1.165) is 12.8 Å². The standard InChI is InChI=1S/C19H19N3O5S/c23-19(21-12-14-4-1-2-10-20-14)17-8-9-18(27-17)28(24,25)22(15-6-7-15)13-16-5-3-11-26-16/h1-5,8-11,15H,6-7,12-13H2,(H,21,23). The van der Waals surface area contributed by atoms with Crippen molar-refractivity contribution >= 4 is 15.9 Å². The number of carbonyl (C=O) groups is 1. The molecule has 3 heterocycles. The zero-order valence-electron chi connectivity index (χ0n) is 14.9. The number of sulfonamides is 1. The average Bonchev–Trinajstić information content (AvgIpc) is 3.19. The Morgan fingerprint density at radius 3 is 2.71 bits per heavy atom. The summed E-state index contributed by atoms with van der Waals surface area (Å²) in [6, 6.07) is 11.4. The van der Waals surface area contributed by atoms with Crippen molar-refractivity contribution in [2.24, 2.45) is 0 Å². The lowest BCUT2D eigenvalue weighted by molar-refractivity contribution is 0.0917. The van der Waals surface area contributed by atoms with Crippen LogP contribution in [0.4, 0.5) is 0 Å². The monoisotopic (exact) mass is 401 g/mol. The zero-order chi connectivity index (χ0) is 19.6. The number of amides is 1.